The molecule has 1 aromatic carbocycles. The molecule has 8 nitrogen and oxygen atoms in total. The van der Waals surface area contributed by atoms with Crippen molar-refractivity contribution < 1.29 is 14.4 Å². The van der Waals surface area contributed by atoms with E-state index in [1.54, 1.807) is 25.9 Å². The van der Waals surface area contributed by atoms with E-state index >= 15 is 0 Å². The lowest BCUT2D eigenvalue weighted by atomic mass is 9.97. The molecule has 0 radical (unpaired) electrons. The number of hydrogen-bond donors (Lipinski definition) is 0. The van der Waals surface area contributed by atoms with Gasteiger partial charge < -0.3 is 19.6 Å². The molecule has 210 valence electrons. The number of pyridine rings is 1. The van der Waals surface area contributed by atoms with Gasteiger partial charge in [-0.1, -0.05) is 23.3 Å². The number of rotatable bonds is 9. The van der Waals surface area contributed by atoms with Crippen LogP contribution in [0.4, 0.5) is 5.82 Å². The Morgan fingerprint density at radius 3 is 2.38 bits per heavy atom. The van der Waals surface area contributed by atoms with Crippen LogP contribution in [-0.2, 0) is 20.9 Å². The topological polar surface area (TPSA) is 77.1 Å². The molecule has 0 atom stereocenters. The highest BCUT2D eigenvalue weighted by molar-refractivity contribution is 5.85. The number of allylic oxidation sites excluding steroid dienone is 1. The van der Waals surface area contributed by atoms with E-state index in [4.69, 9.17) is 4.98 Å². The Morgan fingerprint density at radius 1 is 0.974 bits per heavy atom. The molecule has 1 fully saturated rings. The first-order chi connectivity index (χ1) is 18.7. The number of hydrogen-bond acceptors (Lipinski definition) is 5. The normalized spacial score (nSPS) is 15.7. The van der Waals surface area contributed by atoms with Crippen molar-refractivity contribution >= 4 is 34.4 Å². The maximum absolute atomic E-state index is 13.5. The fourth-order valence-electron chi connectivity index (χ4n) is 5.46. The minimum Gasteiger partial charge on any atom is -0.353 e. The molecule has 2 aromatic rings. The van der Waals surface area contributed by atoms with Gasteiger partial charge in [0.1, 0.15) is 5.82 Å². The lowest BCUT2D eigenvalue weighted by molar-refractivity contribution is -0.136. The lowest BCUT2D eigenvalue weighted by Gasteiger charge is -2.36. The van der Waals surface area contributed by atoms with Gasteiger partial charge in [0.25, 0.3) is 0 Å². The van der Waals surface area contributed by atoms with Crippen molar-refractivity contribution in [1.29, 1.82) is 0 Å². The van der Waals surface area contributed by atoms with Crippen LogP contribution in [0.5, 0.6) is 0 Å². The maximum Gasteiger partial charge on any atom is 0.223 e. The summed E-state index contributed by atoms with van der Waals surface area (Å²) in [6.07, 6.45) is 8.27. The molecule has 0 saturated carbocycles. The molecule has 0 N–H and O–H groups in total. The van der Waals surface area contributed by atoms with Crippen LogP contribution < -0.4 is 4.90 Å². The first-order valence-corrected chi connectivity index (χ1v) is 14.3. The summed E-state index contributed by atoms with van der Waals surface area (Å²) in [7, 11) is 3.45. The highest BCUT2D eigenvalue weighted by atomic mass is 16.2. The number of benzene rings is 1. The summed E-state index contributed by atoms with van der Waals surface area (Å²) in [5, 5.41) is 1.06. The Balaban J connectivity index is 1.62. The van der Waals surface area contributed by atoms with E-state index in [0.29, 0.717) is 39.3 Å². The minimum atomic E-state index is -0.0369. The number of amides is 3. The minimum absolute atomic E-state index is 0.00158. The fourth-order valence-corrected chi connectivity index (χ4v) is 5.46. The Bertz CT molecular complexity index is 1230. The molecule has 2 aliphatic rings. The fraction of sp³-hybridized carbons (Fsp3) is 0.548. The van der Waals surface area contributed by atoms with E-state index in [0.717, 1.165) is 47.1 Å². The van der Waals surface area contributed by atoms with Crippen molar-refractivity contribution in [2.24, 2.45) is 0 Å². The van der Waals surface area contributed by atoms with Gasteiger partial charge in [-0.05, 0) is 57.2 Å². The average Bonchev–Trinajstić information content (AvgIpc) is 2.93. The van der Waals surface area contributed by atoms with Gasteiger partial charge >= 0.3 is 0 Å². The summed E-state index contributed by atoms with van der Waals surface area (Å²) < 4.78 is 0. The van der Waals surface area contributed by atoms with Crippen LogP contribution in [0.2, 0.25) is 0 Å². The number of aryl methyl sites for hydroxylation is 1. The molecule has 0 spiro atoms. The summed E-state index contributed by atoms with van der Waals surface area (Å²) in [4.78, 5) is 50.3. The third kappa shape index (κ3) is 7.58. The lowest BCUT2D eigenvalue weighted by Crippen LogP contribution is -2.48. The van der Waals surface area contributed by atoms with E-state index in [1.807, 2.05) is 9.80 Å². The molecular weight excluding hydrogens is 490 g/mol. The van der Waals surface area contributed by atoms with Crippen LogP contribution in [0.15, 0.2) is 35.9 Å². The van der Waals surface area contributed by atoms with E-state index < -0.39 is 0 Å². The second-order valence-electron chi connectivity index (χ2n) is 11.1. The number of anilines is 1. The molecule has 0 unspecified atom stereocenters. The van der Waals surface area contributed by atoms with Gasteiger partial charge in [-0.15, -0.1) is 0 Å². The third-order valence-corrected chi connectivity index (χ3v) is 7.90. The smallest absolute Gasteiger partial charge is 0.223 e. The zero-order valence-corrected chi connectivity index (χ0v) is 24.0. The number of piperazine rings is 1. The van der Waals surface area contributed by atoms with Crippen LogP contribution in [0.3, 0.4) is 0 Å². The van der Waals surface area contributed by atoms with Crippen molar-refractivity contribution in [3.05, 3.63) is 47.0 Å². The van der Waals surface area contributed by atoms with E-state index in [2.05, 4.69) is 42.2 Å². The Kier molecular flexibility index (Phi) is 9.59. The molecule has 1 aliphatic carbocycles. The number of nitrogens with zero attached hydrogens (tertiary/aromatic N) is 5. The predicted molar refractivity (Wildman–Crippen MR) is 155 cm³/mol. The van der Waals surface area contributed by atoms with Crippen LogP contribution >= 0.6 is 0 Å². The Morgan fingerprint density at radius 2 is 1.72 bits per heavy atom. The number of aromatic nitrogens is 1. The molecule has 39 heavy (non-hydrogen) atoms. The number of fused-ring (bicyclic) bond motifs is 1. The number of carbonyl (C=O) groups excluding carboxylic acids is 3. The van der Waals surface area contributed by atoms with Gasteiger partial charge in [0.15, 0.2) is 0 Å². The van der Waals surface area contributed by atoms with Crippen LogP contribution in [0.25, 0.3) is 10.9 Å². The van der Waals surface area contributed by atoms with Gasteiger partial charge in [0.05, 0.1) is 5.52 Å². The van der Waals surface area contributed by atoms with Gasteiger partial charge in [-0.2, -0.15) is 0 Å². The summed E-state index contributed by atoms with van der Waals surface area (Å²) in [6.45, 7) is 7.49. The third-order valence-electron chi connectivity index (χ3n) is 7.90. The van der Waals surface area contributed by atoms with Crippen molar-refractivity contribution in [2.75, 3.05) is 51.7 Å². The molecule has 1 aromatic heterocycles. The highest BCUT2D eigenvalue weighted by Gasteiger charge is 2.25. The standard InChI is InChI=1S/C31H43N5O3/c1-23-10-11-28-26(20-23)21-27(31(32-28)35-18-16-34(17-19-35)24(2)37)22-36(15-14-25-8-6-5-7-9-25)30(39)13-12-29(38)33(3)4/h8,10-11,20-21H,5-7,9,12-19,22H2,1-4H3. The van der Waals surface area contributed by atoms with Crippen LogP contribution in [0.1, 0.15) is 63.0 Å². The largest absolute Gasteiger partial charge is 0.353 e. The van der Waals surface area contributed by atoms with E-state index in [9.17, 15) is 14.4 Å². The quantitative estimate of drug-likeness (QED) is 0.449. The molecule has 2 heterocycles. The molecule has 1 aliphatic heterocycles. The molecule has 0 bridgehead atoms. The SMILES string of the molecule is CC(=O)N1CCN(c2nc3ccc(C)cc3cc2CN(CCC2=CCCCC2)C(=O)CCC(=O)N(C)C)CC1. The van der Waals surface area contributed by atoms with E-state index in [-0.39, 0.29) is 30.6 Å². The summed E-state index contributed by atoms with van der Waals surface area (Å²) in [5.41, 5.74) is 4.53. The van der Waals surface area contributed by atoms with Gasteiger partial charge in [0.2, 0.25) is 17.7 Å². The molecule has 4 rings (SSSR count). The van der Waals surface area contributed by atoms with Gasteiger partial charge in [-0.25, -0.2) is 4.98 Å². The molecule has 3 amide bonds. The Hall–Kier alpha value is -3.42. The predicted octanol–water partition coefficient (Wildman–Crippen LogP) is 4.30. The molecule has 1 saturated heterocycles. The monoisotopic (exact) mass is 533 g/mol. The average molecular weight is 534 g/mol. The van der Waals surface area contributed by atoms with E-state index in [1.165, 1.54) is 18.4 Å². The maximum atomic E-state index is 13.5. The Labute approximate surface area is 232 Å². The summed E-state index contributed by atoms with van der Waals surface area (Å²) >= 11 is 0. The van der Waals surface area contributed by atoms with Crippen molar-refractivity contribution in [1.82, 2.24) is 19.7 Å². The van der Waals surface area contributed by atoms with Crippen molar-refractivity contribution in [3.8, 4) is 0 Å². The number of carbonyl (C=O) groups is 3. The van der Waals surface area contributed by atoms with Crippen LogP contribution in [-0.4, -0.2) is 84.2 Å². The molecule has 8 heteroatoms. The zero-order valence-electron chi connectivity index (χ0n) is 24.0. The van der Waals surface area contributed by atoms with Gasteiger partial charge in [-0.3, -0.25) is 14.4 Å². The van der Waals surface area contributed by atoms with Crippen molar-refractivity contribution in [3.63, 3.8) is 0 Å². The first-order valence-electron chi connectivity index (χ1n) is 14.3. The van der Waals surface area contributed by atoms with Crippen molar-refractivity contribution in [2.45, 2.75) is 65.3 Å². The molecular formula is C31H43N5O3. The van der Waals surface area contributed by atoms with Gasteiger partial charge in [0, 0.05) is 84.1 Å². The summed E-state index contributed by atoms with van der Waals surface area (Å²) in [5.74, 6) is 0.940. The highest BCUT2D eigenvalue weighted by Crippen LogP contribution is 2.28. The first kappa shape index (κ1) is 28.6. The second kappa shape index (κ2) is 13.1. The van der Waals surface area contributed by atoms with Crippen LogP contribution in [0, 0.1) is 6.92 Å². The second-order valence-corrected chi connectivity index (χ2v) is 11.1. The zero-order chi connectivity index (χ0) is 27.9. The summed E-state index contributed by atoms with van der Waals surface area (Å²) in [6, 6.07) is 8.43.